The predicted octanol–water partition coefficient (Wildman–Crippen LogP) is 5.89. The second-order valence-corrected chi connectivity index (χ2v) is 8.02. The van der Waals surface area contributed by atoms with E-state index in [0.29, 0.717) is 26.2 Å². The third-order valence-electron chi connectivity index (χ3n) is 2.49. The van der Waals surface area contributed by atoms with E-state index >= 15 is 0 Å². The molecule has 0 radical (unpaired) electrons. The predicted molar refractivity (Wildman–Crippen MR) is 85.0 cm³/mol. The molecule has 2 rings (SSSR count). The topological polar surface area (TPSA) is 34.1 Å². The smallest absolute Gasteiger partial charge is 0.207 e. The lowest BCUT2D eigenvalue weighted by Gasteiger charge is -2.10. The van der Waals surface area contributed by atoms with Crippen LogP contribution in [0.5, 0.6) is 0 Å². The molecular weight excluding hydrogens is 385 g/mol. The van der Waals surface area contributed by atoms with Gasteiger partial charge >= 0.3 is 0 Å². The summed E-state index contributed by atoms with van der Waals surface area (Å²) in [5.41, 5.74) is 0.927. The van der Waals surface area contributed by atoms with E-state index in [1.165, 1.54) is 24.3 Å². The van der Waals surface area contributed by atoms with Crippen molar-refractivity contribution in [3.8, 4) is 11.1 Å². The normalized spacial score (nSPS) is 11.7. The van der Waals surface area contributed by atoms with Crippen LogP contribution in [0.2, 0.25) is 20.1 Å². The fourth-order valence-corrected chi connectivity index (χ4v) is 4.19. The van der Waals surface area contributed by atoms with Gasteiger partial charge in [-0.1, -0.05) is 52.5 Å². The van der Waals surface area contributed by atoms with Crippen molar-refractivity contribution in [2.24, 2.45) is 0 Å². The highest BCUT2D eigenvalue weighted by Gasteiger charge is 2.18. The second-order valence-electron chi connectivity index (χ2n) is 3.83. The molecule has 0 saturated heterocycles. The Morgan fingerprint density at radius 3 is 1.85 bits per heavy atom. The van der Waals surface area contributed by atoms with Gasteiger partial charge in [0.15, 0.2) is 0 Å². The molecule has 0 aliphatic carbocycles. The van der Waals surface area contributed by atoms with Crippen molar-refractivity contribution >= 4 is 66.1 Å². The molecule has 0 atom stereocenters. The van der Waals surface area contributed by atoms with Crippen molar-refractivity contribution in [1.29, 1.82) is 0 Å². The Morgan fingerprint density at radius 1 is 0.800 bits per heavy atom. The van der Waals surface area contributed by atoms with Gasteiger partial charge in [0.2, 0.25) is 0 Å². The SMILES string of the molecule is O=S(=O)(Cl)c1cc(-c2c(Cl)cc(Cl)cc2Cl)ccc1Cl. The van der Waals surface area contributed by atoms with Crippen molar-refractivity contribution in [3.63, 3.8) is 0 Å². The van der Waals surface area contributed by atoms with Gasteiger partial charge in [-0.2, -0.15) is 0 Å². The summed E-state index contributed by atoms with van der Waals surface area (Å²) in [4.78, 5) is -0.208. The highest BCUT2D eigenvalue weighted by molar-refractivity contribution is 8.13. The maximum atomic E-state index is 11.5. The molecule has 8 heteroatoms. The Hall–Kier alpha value is -0.160. The van der Waals surface area contributed by atoms with Gasteiger partial charge in [0.25, 0.3) is 9.05 Å². The van der Waals surface area contributed by atoms with Gasteiger partial charge in [0.1, 0.15) is 4.90 Å². The molecule has 0 saturated carbocycles. The lowest BCUT2D eigenvalue weighted by molar-refractivity contribution is 0.609. The standard InChI is InChI=1S/C12H5Cl5O2S/c13-7-4-9(15)12(10(16)5-7)6-1-2-8(14)11(3-6)20(17,18)19/h1-5H. The van der Waals surface area contributed by atoms with Crippen molar-refractivity contribution in [3.05, 3.63) is 50.4 Å². The van der Waals surface area contributed by atoms with Crippen molar-refractivity contribution in [1.82, 2.24) is 0 Å². The summed E-state index contributed by atoms with van der Waals surface area (Å²) < 4.78 is 22.9. The van der Waals surface area contributed by atoms with Crippen molar-refractivity contribution in [2.75, 3.05) is 0 Å². The Bertz CT molecular complexity index is 763. The van der Waals surface area contributed by atoms with Gasteiger partial charge in [-0.3, -0.25) is 0 Å². The Morgan fingerprint density at radius 2 is 1.35 bits per heavy atom. The molecule has 0 N–H and O–H groups in total. The van der Waals surface area contributed by atoms with E-state index < -0.39 is 9.05 Å². The molecule has 0 heterocycles. The fraction of sp³-hybridized carbons (Fsp3) is 0. The molecule has 0 aliphatic heterocycles. The van der Waals surface area contributed by atoms with E-state index in [0.717, 1.165) is 0 Å². The molecule has 20 heavy (non-hydrogen) atoms. The van der Waals surface area contributed by atoms with E-state index in [1.54, 1.807) is 6.07 Å². The number of hydrogen-bond acceptors (Lipinski definition) is 2. The number of halogens is 5. The highest BCUT2D eigenvalue weighted by atomic mass is 35.7. The monoisotopic (exact) mass is 388 g/mol. The minimum atomic E-state index is -3.97. The van der Waals surface area contributed by atoms with Crippen LogP contribution in [0.15, 0.2) is 35.2 Å². The van der Waals surface area contributed by atoms with Gasteiger partial charge in [-0.25, -0.2) is 8.42 Å². The zero-order chi connectivity index (χ0) is 15.1. The van der Waals surface area contributed by atoms with Crippen molar-refractivity contribution < 1.29 is 8.42 Å². The van der Waals surface area contributed by atoms with Crippen LogP contribution in [0.25, 0.3) is 11.1 Å². The van der Waals surface area contributed by atoms with Gasteiger partial charge in [0.05, 0.1) is 15.1 Å². The molecule has 0 aromatic heterocycles. The zero-order valence-electron chi connectivity index (χ0n) is 9.50. The zero-order valence-corrected chi connectivity index (χ0v) is 14.1. The van der Waals surface area contributed by atoms with Crippen LogP contribution in [-0.4, -0.2) is 8.42 Å². The first-order valence-corrected chi connectivity index (χ1v) is 8.91. The number of benzene rings is 2. The highest BCUT2D eigenvalue weighted by Crippen LogP contribution is 2.39. The molecule has 0 bridgehead atoms. The van der Waals surface area contributed by atoms with Crippen LogP contribution >= 0.6 is 57.1 Å². The van der Waals surface area contributed by atoms with Crippen LogP contribution in [0.1, 0.15) is 0 Å². The summed E-state index contributed by atoms with van der Waals surface area (Å²) in [5.74, 6) is 0. The molecular formula is C12H5Cl5O2S. The van der Waals surface area contributed by atoms with Crippen LogP contribution in [0.3, 0.4) is 0 Å². The van der Waals surface area contributed by atoms with E-state index in [2.05, 4.69) is 0 Å². The molecule has 2 aromatic rings. The summed E-state index contributed by atoms with van der Waals surface area (Å²) in [5, 5.41) is 0.985. The molecule has 0 fully saturated rings. The average Bonchev–Trinajstić information content (AvgIpc) is 2.28. The summed E-state index contributed by atoms with van der Waals surface area (Å²) in [6, 6.07) is 7.33. The van der Waals surface area contributed by atoms with E-state index in [4.69, 9.17) is 57.1 Å². The maximum Gasteiger partial charge on any atom is 0.262 e. The Kier molecular flexibility index (Phi) is 4.80. The molecule has 2 aromatic carbocycles. The molecule has 0 amide bonds. The fourth-order valence-electron chi connectivity index (χ4n) is 1.66. The second kappa shape index (κ2) is 5.91. The number of hydrogen-bond donors (Lipinski definition) is 0. The van der Waals surface area contributed by atoms with Gasteiger partial charge in [-0.05, 0) is 29.8 Å². The van der Waals surface area contributed by atoms with Crippen LogP contribution in [0.4, 0.5) is 0 Å². The minimum absolute atomic E-state index is 0.0185. The first kappa shape index (κ1) is 16.2. The largest absolute Gasteiger partial charge is 0.262 e. The molecule has 0 spiro atoms. The van der Waals surface area contributed by atoms with E-state index in [9.17, 15) is 8.42 Å². The lowest BCUT2D eigenvalue weighted by atomic mass is 10.1. The van der Waals surface area contributed by atoms with Gasteiger partial charge in [0, 0.05) is 21.3 Å². The van der Waals surface area contributed by atoms with E-state index in [-0.39, 0.29) is 9.92 Å². The summed E-state index contributed by atoms with van der Waals surface area (Å²) in [7, 11) is 1.36. The molecule has 0 aliphatic rings. The molecule has 0 unspecified atom stereocenters. The maximum absolute atomic E-state index is 11.5. The number of rotatable bonds is 2. The first-order valence-electron chi connectivity index (χ1n) is 5.09. The Balaban J connectivity index is 2.73. The average molecular weight is 391 g/mol. The summed E-state index contributed by atoms with van der Waals surface area (Å²) in [6.07, 6.45) is 0. The van der Waals surface area contributed by atoms with Gasteiger partial charge < -0.3 is 0 Å². The lowest BCUT2D eigenvalue weighted by Crippen LogP contribution is -1.93. The van der Waals surface area contributed by atoms with Crippen LogP contribution in [-0.2, 0) is 9.05 Å². The van der Waals surface area contributed by atoms with Crippen LogP contribution in [0, 0.1) is 0 Å². The van der Waals surface area contributed by atoms with Gasteiger partial charge in [-0.15, -0.1) is 0 Å². The molecule has 2 nitrogen and oxygen atoms in total. The Labute approximate surface area is 140 Å². The third-order valence-corrected chi connectivity index (χ3v) is 5.11. The minimum Gasteiger partial charge on any atom is -0.207 e. The summed E-state index contributed by atoms with van der Waals surface area (Å²) in [6.45, 7) is 0. The third kappa shape index (κ3) is 3.35. The first-order chi connectivity index (χ1) is 9.20. The molecule has 106 valence electrons. The van der Waals surface area contributed by atoms with Crippen molar-refractivity contribution in [2.45, 2.75) is 4.90 Å². The van der Waals surface area contributed by atoms with Crippen LogP contribution < -0.4 is 0 Å². The van der Waals surface area contributed by atoms with E-state index in [1.807, 2.05) is 0 Å². The quantitative estimate of drug-likeness (QED) is 0.599. The summed E-state index contributed by atoms with van der Waals surface area (Å²) >= 11 is 23.8.